The van der Waals surface area contributed by atoms with Gasteiger partial charge in [-0.1, -0.05) is 0 Å². The first-order chi connectivity index (χ1) is 9.13. The summed E-state index contributed by atoms with van der Waals surface area (Å²) < 4.78 is 18.0. The van der Waals surface area contributed by atoms with Crippen LogP contribution in [0.5, 0.6) is 5.75 Å². The number of halogens is 1. The molecule has 0 atom stereocenters. The molecule has 1 amide bonds. The average molecular weight is 268 g/mol. The summed E-state index contributed by atoms with van der Waals surface area (Å²) in [4.78, 5) is 13.1. The summed E-state index contributed by atoms with van der Waals surface area (Å²) in [5, 5.41) is 1.91. The molecule has 1 saturated heterocycles. The number of amides is 1. The number of carbonyl (C=O) groups is 1. The first-order valence-corrected chi connectivity index (χ1v) is 6.37. The molecule has 1 aromatic carbocycles. The fraction of sp³-hybridized carbons (Fsp3) is 0.462. The van der Waals surface area contributed by atoms with Gasteiger partial charge in [0.2, 0.25) is 0 Å². The first kappa shape index (κ1) is 13.8. The molecule has 19 heavy (non-hydrogen) atoms. The van der Waals surface area contributed by atoms with E-state index in [1.54, 1.807) is 0 Å². The Hall–Kier alpha value is -1.66. The number of ether oxygens (including phenoxy) is 1. The van der Waals surface area contributed by atoms with E-state index < -0.39 is 0 Å². The summed E-state index contributed by atoms with van der Waals surface area (Å²) in [5.74, 6) is -0.0278. The molecule has 0 saturated carbocycles. The van der Waals surface area contributed by atoms with E-state index in [2.05, 4.69) is 12.5 Å². The van der Waals surface area contributed by atoms with E-state index in [1.807, 2.05) is 5.01 Å². The fourth-order valence-corrected chi connectivity index (χ4v) is 1.89. The Kier molecular flexibility index (Phi) is 4.70. The predicted octanol–water partition coefficient (Wildman–Crippen LogP) is -0.934. The summed E-state index contributed by atoms with van der Waals surface area (Å²) in [6.07, 6.45) is 0. The topological polar surface area (TPSA) is 46.0 Å². The van der Waals surface area contributed by atoms with Crippen LogP contribution in [0.3, 0.4) is 0 Å². The van der Waals surface area contributed by atoms with Gasteiger partial charge in [0.15, 0.2) is 6.61 Å². The maximum atomic E-state index is 12.7. The van der Waals surface area contributed by atoms with E-state index in [0.29, 0.717) is 5.75 Å². The maximum absolute atomic E-state index is 12.7. The highest BCUT2D eigenvalue weighted by Crippen LogP contribution is 2.10. The third kappa shape index (κ3) is 4.50. The molecule has 0 aliphatic carbocycles. The van der Waals surface area contributed by atoms with Crippen LogP contribution >= 0.6 is 0 Å². The van der Waals surface area contributed by atoms with Gasteiger partial charge in [0, 0.05) is 0 Å². The molecule has 6 heteroatoms. The smallest absolute Gasteiger partial charge is 0.272 e. The van der Waals surface area contributed by atoms with Crippen LogP contribution < -0.4 is 15.1 Å². The van der Waals surface area contributed by atoms with Crippen LogP contribution in [0, 0.1) is 5.82 Å². The first-order valence-electron chi connectivity index (χ1n) is 6.37. The van der Waals surface area contributed by atoms with Crippen LogP contribution in [-0.2, 0) is 4.79 Å². The molecule has 1 fully saturated rings. The minimum atomic E-state index is -0.322. The zero-order valence-corrected chi connectivity index (χ0v) is 11.0. The third-order valence-corrected chi connectivity index (χ3v) is 3.08. The number of hydrogen-bond acceptors (Lipinski definition) is 3. The van der Waals surface area contributed by atoms with Crippen molar-refractivity contribution in [2.45, 2.75) is 0 Å². The number of nitrogens with one attached hydrogen (secondary N) is 2. The van der Waals surface area contributed by atoms with E-state index >= 15 is 0 Å². The second-order valence-corrected chi connectivity index (χ2v) is 4.72. The number of likely N-dealkylation sites (N-methyl/N-ethyl adjacent to an activating group) is 1. The molecular formula is C13H19FN3O2+. The lowest BCUT2D eigenvalue weighted by Crippen LogP contribution is -3.12. The second kappa shape index (κ2) is 6.49. The molecule has 0 radical (unpaired) electrons. The Morgan fingerprint density at radius 1 is 1.37 bits per heavy atom. The SMILES string of the molecule is C[NH+]1CCN(NC(=O)COc2ccc(F)cc2)CC1. The zero-order chi connectivity index (χ0) is 13.7. The van der Waals surface area contributed by atoms with Crippen molar-refractivity contribution in [2.24, 2.45) is 0 Å². The molecule has 1 aliphatic rings. The van der Waals surface area contributed by atoms with Gasteiger partial charge in [0.1, 0.15) is 11.6 Å². The van der Waals surface area contributed by atoms with Gasteiger partial charge in [-0.3, -0.25) is 10.2 Å². The molecule has 0 bridgehead atoms. The van der Waals surface area contributed by atoms with Gasteiger partial charge in [-0.2, -0.15) is 0 Å². The van der Waals surface area contributed by atoms with Crippen molar-refractivity contribution in [2.75, 3.05) is 39.8 Å². The van der Waals surface area contributed by atoms with Crippen molar-refractivity contribution in [3.05, 3.63) is 30.1 Å². The number of hydrogen-bond donors (Lipinski definition) is 2. The number of hydrazine groups is 1. The monoisotopic (exact) mass is 268 g/mol. The van der Waals surface area contributed by atoms with Crippen molar-refractivity contribution in [1.82, 2.24) is 10.4 Å². The van der Waals surface area contributed by atoms with Gasteiger partial charge in [-0.05, 0) is 24.3 Å². The maximum Gasteiger partial charge on any atom is 0.272 e. The van der Waals surface area contributed by atoms with E-state index in [-0.39, 0.29) is 18.3 Å². The van der Waals surface area contributed by atoms with Gasteiger partial charge in [-0.25, -0.2) is 9.40 Å². The Morgan fingerprint density at radius 3 is 2.63 bits per heavy atom. The van der Waals surface area contributed by atoms with Crippen LogP contribution in [0.4, 0.5) is 4.39 Å². The lowest BCUT2D eigenvalue weighted by molar-refractivity contribution is -0.884. The summed E-state index contributed by atoms with van der Waals surface area (Å²) in [6.45, 7) is 3.64. The Bertz CT molecular complexity index is 416. The van der Waals surface area contributed by atoms with Crippen molar-refractivity contribution < 1.29 is 18.8 Å². The van der Waals surface area contributed by atoms with Gasteiger partial charge in [0.25, 0.3) is 5.91 Å². The largest absolute Gasteiger partial charge is 0.484 e. The molecule has 5 nitrogen and oxygen atoms in total. The second-order valence-electron chi connectivity index (χ2n) is 4.72. The number of benzene rings is 1. The van der Waals surface area contributed by atoms with E-state index in [9.17, 15) is 9.18 Å². The number of carbonyl (C=O) groups excluding carboxylic acids is 1. The highest BCUT2D eigenvalue weighted by atomic mass is 19.1. The van der Waals surface area contributed by atoms with Gasteiger partial charge in [-0.15, -0.1) is 0 Å². The normalized spacial score (nSPS) is 17.2. The van der Waals surface area contributed by atoms with E-state index in [4.69, 9.17) is 4.74 Å². The standard InChI is InChI=1S/C13H18FN3O2/c1-16-6-8-17(9-7-16)15-13(18)10-19-12-4-2-11(14)3-5-12/h2-5H,6-10H2,1H3,(H,15,18)/p+1. The fourth-order valence-electron chi connectivity index (χ4n) is 1.89. The van der Waals surface area contributed by atoms with Gasteiger partial charge in [0.05, 0.1) is 33.2 Å². The van der Waals surface area contributed by atoms with Gasteiger partial charge >= 0.3 is 0 Å². The summed E-state index contributed by atoms with van der Waals surface area (Å²) in [5.41, 5.74) is 2.80. The minimum absolute atomic E-state index is 0.0647. The van der Waals surface area contributed by atoms with Crippen molar-refractivity contribution in [3.63, 3.8) is 0 Å². The van der Waals surface area contributed by atoms with Crippen LogP contribution in [0.25, 0.3) is 0 Å². The van der Waals surface area contributed by atoms with Crippen molar-refractivity contribution in [1.29, 1.82) is 0 Å². The molecule has 2 N–H and O–H groups in total. The van der Waals surface area contributed by atoms with E-state index in [0.717, 1.165) is 26.2 Å². The van der Waals surface area contributed by atoms with Gasteiger partial charge < -0.3 is 9.64 Å². The summed E-state index contributed by atoms with van der Waals surface area (Å²) in [7, 11) is 2.14. The summed E-state index contributed by atoms with van der Waals surface area (Å²) in [6, 6.07) is 5.61. The molecular weight excluding hydrogens is 249 g/mol. The number of rotatable bonds is 4. The highest BCUT2D eigenvalue weighted by molar-refractivity contribution is 5.77. The summed E-state index contributed by atoms with van der Waals surface area (Å²) >= 11 is 0. The Morgan fingerprint density at radius 2 is 2.00 bits per heavy atom. The van der Waals surface area contributed by atoms with Crippen molar-refractivity contribution >= 4 is 5.91 Å². The van der Waals surface area contributed by atoms with Crippen LogP contribution in [-0.4, -0.2) is 50.7 Å². The van der Waals surface area contributed by atoms with Crippen LogP contribution in [0.1, 0.15) is 0 Å². The molecule has 0 unspecified atom stereocenters. The molecule has 1 aromatic rings. The van der Waals surface area contributed by atoms with E-state index in [1.165, 1.54) is 29.2 Å². The quantitative estimate of drug-likeness (QED) is 0.741. The molecule has 104 valence electrons. The number of piperazine rings is 1. The van der Waals surface area contributed by atoms with Crippen LogP contribution in [0.15, 0.2) is 24.3 Å². The Balaban J connectivity index is 1.71. The molecule has 1 heterocycles. The molecule has 1 aliphatic heterocycles. The predicted molar refractivity (Wildman–Crippen MR) is 68.2 cm³/mol. The minimum Gasteiger partial charge on any atom is -0.484 e. The lowest BCUT2D eigenvalue weighted by Gasteiger charge is -2.29. The average Bonchev–Trinajstić information content (AvgIpc) is 2.41. The van der Waals surface area contributed by atoms with Crippen LogP contribution in [0.2, 0.25) is 0 Å². The Labute approximate surface area is 111 Å². The lowest BCUT2D eigenvalue weighted by atomic mass is 10.3. The molecule has 2 rings (SSSR count). The molecule has 0 spiro atoms. The van der Waals surface area contributed by atoms with Crippen molar-refractivity contribution in [3.8, 4) is 5.75 Å². The molecule has 0 aromatic heterocycles. The number of quaternary nitrogens is 1. The highest BCUT2D eigenvalue weighted by Gasteiger charge is 2.18. The third-order valence-electron chi connectivity index (χ3n) is 3.08. The number of nitrogens with zero attached hydrogens (tertiary/aromatic N) is 1. The zero-order valence-electron chi connectivity index (χ0n) is 11.0.